The van der Waals surface area contributed by atoms with Crippen LogP contribution in [0.2, 0.25) is 0 Å². The van der Waals surface area contributed by atoms with Gasteiger partial charge in [-0.1, -0.05) is 13.3 Å². The molecule has 0 rings (SSSR count). The van der Waals surface area contributed by atoms with E-state index in [1.807, 2.05) is 6.92 Å². The van der Waals surface area contributed by atoms with Gasteiger partial charge in [0.1, 0.15) is 0 Å². The van der Waals surface area contributed by atoms with E-state index in [9.17, 15) is 9.70 Å². The lowest BCUT2D eigenvalue weighted by Crippen LogP contribution is -2.28. The van der Waals surface area contributed by atoms with Crippen LogP contribution in [0.4, 0.5) is 0 Å². The summed E-state index contributed by atoms with van der Waals surface area (Å²) in [5.74, 6) is -0.417. The van der Waals surface area contributed by atoms with Crippen molar-refractivity contribution in [3.8, 4) is 0 Å². The molecule has 11 heavy (non-hydrogen) atoms. The van der Waals surface area contributed by atoms with E-state index in [4.69, 9.17) is 0 Å². The van der Waals surface area contributed by atoms with E-state index in [1.165, 1.54) is 6.92 Å². The third-order valence-corrected chi connectivity index (χ3v) is 1.06. The summed E-state index contributed by atoms with van der Waals surface area (Å²) in [4.78, 5) is 20.1. The first-order valence-corrected chi connectivity index (χ1v) is 3.45. The van der Waals surface area contributed by atoms with E-state index in [0.717, 1.165) is 6.42 Å². The number of carbonyl (C=O) groups excluding carboxylic acids is 1. The van der Waals surface area contributed by atoms with E-state index in [0.29, 0.717) is 6.42 Å². The van der Waals surface area contributed by atoms with Crippen LogP contribution in [0.25, 0.3) is 0 Å². The standard InChI is InChI=1S/C6H12N2O3/c1-3-4-6(7-8-10)11-5(2)9/h6H,3-4H2,1-2H3,(H,7,10). The van der Waals surface area contributed by atoms with E-state index in [-0.39, 0.29) is 0 Å². The molecule has 64 valence electrons. The first-order valence-electron chi connectivity index (χ1n) is 3.45. The topological polar surface area (TPSA) is 67.8 Å². The summed E-state index contributed by atoms with van der Waals surface area (Å²) in [6, 6.07) is 0. The molecule has 1 N–H and O–H groups in total. The van der Waals surface area contributed by atoms with E-state index < -0.39 is 12.2 Å². The summed E-state index contributed by atoms with van der Waals surface area (Å²) in [6.45, 7) is 3.21. The molecule has 0 radical (unpaired) electrons. The summed E-state index contributed by atoms with van der Waals surface area (Å²) >= 11 is 0. The maximum atomic E-state index is 10.4. The second-order valence-corrected chi connectivity index (χ2v) is 2.11. The molecule has 0 heterocycles. The van der Waals surface area contributed by atoms with Gasteiger partial charge in [0.2, 0.25) is 0 Å². The Labute approximate surface area is 65.1 Å². The largest absolute Gasteiger partial charge is 0.440 e. The van der Waals surface area contributed by atoms with E-state index >= 15 is 0 Å². The molecule has 0 aliphatic carbocycles. The average Bonchev–Trinajstić information content (AvgIpc) is 1.87. The predicted octanol–water partition coefficient (Wildman–Crippen LogP) is 0.947. The SMILES string of the molecule is CCCC(NN=O)OC(C)=O. The van der Waals surface area contributed by atoms with Crippen LogP contribution >= 0.6 is 0 Å². The number of nitroso groups, excluding NO2 is 1. The molecule has 1 atom stereocenters. The lowest BCUT2D eigenvalue weighted by atomic mass is 10.3. The Kier molecular flexibility index (Phi) is 5.06. The van der Waals surface area contributed by atoms with Gasteiger partial charge in [0.05, 0.1) is 5.29 Å². The number of nitrogens with zero attached hydrogens (tertiary/aromatic N) is 1. The van der Waals surface area contributed by atoms with Crippen molar-refractivity contribution in [2.24, 2.45) is 5.29 Å². The third-order valence-electron chi connectivity index (χ3n) is 1.06. The Bertz CT molecular complexity index is 138. The molecule has 0 aliphatic rings. The summed E-state index contributed by atoms with van der Waals surface area (Å²) < 4.78 is 4.69. The van der Waals surface area contributed by atoms with Gasteiger partial charge in [-0.2, -0.15) is 0 Å². The van der Waals surface area contributed by atoms with Gasteiger partial charge in [-0.15, -0.1) is 4.91 Å². The lowest BCUT2D eigenvalue weighted by Gasteiger charge is -2.12. The van der Waals surface area contributed by atoms with Gasteiger partial charge in [0.25, 0.3) is 0 Å². The highest BCUT2D eigenvalue weighted by Crippen LogP contribution is 1.98. The Morgan fingerprint density at radius 2 is 2.36 bits per heavy atom. The Balaban J connectivity index is 3.67. The number of rotatable bonds is 5. The van der Waals surface area contributed by atoms with Gasteiger partial charge in [-0.05, 0) is 0 Å². The summed E-state index contributed by atoms with van der Waals surface area (Å²) in [6.07, 6.45) is 0.834. The number of carbonyl (C=O) groups is 1. The first kappa shape index (κ1) is 9.87. The second-order valence-electron chi connectivity index (χ2n) is 2.11. The molecule has 0 saturated heterocycles. The van der Waals surface area contributed by atoms with Crippen LogP contribution in [0.5, 0.6) is 0 Å². The first-order chi connectivity index (χ1) is 5.20. The van der Waals surface area contributed by atoms with Gasteiger partial charge >= 0.3 is 5.97 Å². The highest BCUT2D eigenvalue weighted by atomic mass is 16.6. The van der Waals surface area contributed by atoms with Crippen LogP contribution in [0.3, 0.4) is 0 Å². The number of nitrogens with one attached hydrogen (secondary N) is 1. The molecule has 1 unspecified atom stereocenters. The maximum Gasteiger partial charge on any atom is 0.304 e. The summed E-state index contributed by atoms with van der Waals surface area (Å²) in [5.41, 5.74) is 2.14. The van der Waals surface area contributed by atoms with Crippen LogP contribution in [-0.4, -0.2) is 12.2 Å². The Morgan fingerprint density at radius 1 is 1.73 bits per heavy atom. The Hall–Kier alpha value is -1.13. The number of ether oxygens (including phenoxy) is 1. The molecule has 5 nitrogen and oxygen atoms in total. The minimum absolute atomic E-state index is 0.417. The molecule has 0 aliphatic heterocycles. The van der Waals surface area contributed by atoms with Gasteiger partial charge in [-0.3, -0.25) is 4.79 Å². The molecule has 5 heteroatoms. The predicted molar refractivity (Wildman–Crippen MR) is 39.4 cm³/mol. The lowest BCUT2D eigenvalue weighted by molar-refractivity contribution is -0.148. The highest BCUT2D eigenvalue weighted by molar-refractivity contribution is 5.66. The van der Waals surface area contributed by atoms with Crippen LogP contribution in [0.15, 0.2) is 5.29 Å². The zero-order valence-electron chi connectivity index (χ0n) is 6.66. The smallest absolute Gasteiger partial charge is 0.304 e. The van der Waals surface area contributed by atoms with Crippen molar-refractivity contribution in [1.29, 1.82) is 0 Å². The highest BCUT2D eigenvalue weighted by Gasteiger charge is 2.08. The molecule has 0 amide bonds. The minimum atomic E-state index is -0.574. The van der Waals surface area contributed by atoms with E-state index in [2.05, 4.69) is 15.4 Å². The average molecular weight is 160 g/mol. The maximum absolute atomic E-state index is 10.4. The third kappa shape index (κ3) is 5.32. The zero-order valence-corrected chi connectivity index (χ0v) is 6.66. The molecule has 0 spiro atoms. The van der Waals surface area contributed by atoms with Crippen molar-refractivity contribution in [3.63, 3.8) is 0 Å². The van der Waals surface area contributed by atoms with Gasteiger partial charge in [-0.25, -0.2) is 5.43 Å². The van der Waals surface area contributed by atoms with Gasteiger partial charge < -0.3 is 4.74 Å². The summed E-state index contributed by atoms with van der Waals surface area (Å²) in [5, 5.41) is 2.43. The van der Waals surface area contributed by atoms with Crippen molar-refractivity contribution in [3.05, 3.63) is 4.91 Å². The van der Waals surface area contributed by atoms with Crippen molar-refractivity contribution in [2.75, 3.05) is 0 Å². The fourth-order valence-corrected chi connectivity index (χ4v) is 0.671. The van der Waals surface area contributed by atoms with Gasteiger partial charge in [0.15, 0.2) is 6.23 Å². The number of hydrogen-bond donors (Lipinski definition) is 1. The summed E-state index contributed by atoms with van der Waals surface area (Å²) in [7, 11) is 0. The fourth-order valence-electron chi connectivity index (χ4n) is 0.671. The second kappa shape index (κ2) is 5.64. The molecule has 0 aromatic carbocycles. The molecule has 0 saturated carbocycles. The molecular weight excluding hydrogens is 148 g/mol. The molecule has 0 aromatic rings. The number of esters is 1. The zero-order chi connectivity index (χ0) is 8.69. The van der Waals surface area contributed by atoms with Crippen LogP contribution in [-0.2, 0) is 9.53 Å². The van der Waals surface area contributed by atoms with Crippen molar-refractivity contribution < 1.29 is 9.53 Å². The van der Waals surface area contributed by atoms with Crippen molar-refractivity contribution in [2.45, 2.75) is 32.9 Å². The van der Waals surface area contributed by atoms with Crippen LogP contribution in [0, 0.1) is 4.91 Å². The van der Waals surface area contributed by atoms with Crippen LogP contribution in [0.1, 0.15) is 26.7 Å². The molecule has 0 bridgehead atoms. The monoisotopic (exact) mass is 160 g/mol. The van der Waals surface area contributed by atoms with E-state index in [1.54, 1.807) is 0 Å². The molecular formula is C6H12N2O3. The number of hydrogen-bond acceptors (Lipinski definition) is 4. The molecule has 0 aromatic heterocycles. The van der Waals surface area contributed by atoms with Crippen LogP contribution < -0.4 is 5.43 Å². The normalized spacial score (nSPS) is 11.8. The fraction of sp³-hybridized carbons (Fsp3) is 0.833. The van der Waals surface area contributed by atoms with Crippen molar-refractivity contribution >= 4 is 5.97 Å². The Morgan fingerprint density at radius 3 is 2.73 bits per heavy atom. The quantitative estimate of drug-likeness (QED) is 0.281. The van der Waals surface area contributed by atoms with Crippen molar-refractivity contribution in [1.82, 2.24) is 5.43 Å². The minimum Gasteiger partial charge on any atom is -0.440 e. The molecule has 0 fully saturated rings. The van der Waals surface area contributed by atoms with Gasteiger partial charge in [0, 0.05) is 13.3 Å².